The normalized spacial score (nSPS) is 16.3. The van der Waals surface area contributed by atoms with Crippen LogP contribution in [0.1, 0.15) is 32.3 Å². The summed E-state index contributed by atoms with van der Waals surface area (Å²) in [6, 6.07) is 3.99. The van der Waals surface area contributed by atoms with Gasteiger partial charge < -0.3 is 9.64 Å². The number of amides is 1. The van der Waals surface area contributed by atoms with E-state index in [2.05, 4.69) is 20.9 Å². The molecule has 1 fully saturated rings. The summed E-state index contributed by atoms with van der Waals surface area (Å²) in [5, 5.41) is 0. The highest BCUT2D eigenvalue weighted by molar-refractivity contribution is 9.10. The first-order chi connectivity index (χ1) is 8.35. The van der Waals surface area contributed by atoms with E-state index in [9.17, 15) is 4.79 Å². The molecule has 1 aromatic rings. The summed E-state index contributed by atoms with van der Waals surface area (Å²) in [7, 11) is 0. The maximum atomic E-state index is 11.8. The molecule has 2 rings (SSSR count). The molecule has 4 nitrogen and oxygen atoms in total. The Bertz CT molecular complexity index is 451. The number of nitrogens with zero attached hydrogens (tertiary/aromatic N) is 2. The van der Waals surface area contributed by atoms with E-state index in [-0.39, 0.29) is 6.09 Å². The van der Waals surface area contributed by atoms with Crippen LogP contribution in [0, 0.1) is 0 Å². The quantitative estimate of drug-likeness (QED) is 0.748. The van der Waals surface area contributed by atoms with Gasteiger partial charge in [0.25, 0.3) is 0 Å². The zero-order chi connectivity index (χ0) is 13.3. The Morgan fingerprint density at radius 1 is 1.50 bits per heavy atom. The minimum atomic E-state index is -0.429. The number of rotatable bonds is 1. The third-order valence-corrected chi connectivity index (χ3v) is 3.19. The van der Waals surface area contributed by atoms with Crippen LogP contribution in [0.15, 0.2) is 22.9 Å². The maximum Gasteiger partial charge on any atom is 0.410 e. The molecule has 0 unspecified atom stereocenters. The highest BCUT2D eigenvalue weighted by Crippen LogP contribution is 2.29. The molecule has 5 heteroatoms. The lowest BCUT2D eigenvalue weighted by Crippen LogP contribution is -2.50. The summed E-state index contributed by atoms with van der Waals surface area (Å²) in [5.41, 5.74) is 0.777. The molecular weight excluding hydrogens is 296 g/mol. The zero-order valence-electron chi connectivity index (χ0n) is 10.8. The van der Waals surface area contributed by atoms with E-state index in [0.717, 1.165) is 4.60 Å². The molecule has 0 saturated carbocycles. The van der Waals surface area contributed by atoms with Crippen LogP contribution in [0.3, 0.4) is 0 Å². The summed E-state index contributed by atoms with van der Waals surface area (Å²) in [5.74, 6) is 0.386. The number of hydrogen-bond donors (Lipinski definition) is 0. The molecule has 0 aromatic carbocycles. The Hall–Kier alpha value is -1.10. The fourth-order valence-corrected chi connectivity index (χ4v) is 2.22. The van der Waals surface area contributed by atoms with Gasteiger partial charge in [0.1, 0.15) is 10.2 Å². The van der Waals surface area contributed by atoms with Crippen LogP contribution < -0.4 is 0 Å². The van der Waals surface area contributed by atoms with Gasteiger partial charge in [0.15, 0.2) is 0 Å². The lowest BCUT2D eigenvalue weighted by molar-refractivity contribution is 0.00819. The number of carbonyl (C=O) groups excluding carboxylic acids is 1. The monoisotopic (exact) mass is 312 g/mol. The Balaban J connectivity index is 1.89. The Labute approximate surface area is 115 Å². The largest absolute Gasteiger partial charge is 0.444 e. The molecule has 0 N–H and O–H groups in total. The summed E-state index contributed by atoms with van der Waals surface area (Å²) in [6.45, 7) is 7.06. The minimum Gasteiger partial charge on any atom is -0.444 e. The molecule has 1 aliphatic rings. The molecule has 18 heavy (non-hydrogen) atoms. The van der Waals surface area contributed by atoms with Crippen molar-refractivity contribution in [1.82, 2.24) is 9.88 Å². The van der Waals surface area contributed by atoms with E-state index in [4.69, 9.17) is 4.74 Å². The molecule has 0 aliphatic carbocycles. The van der Waals surface area contributed by atoms with Gasteiger partial charge in [0.05, 0.1) is 0 Å². The van der Waals surface area contributed by atoms with Gasteiger partial charge in [-0.3, -0.25) is 0 Å². The third kappa shape index (κ3) is 3.22. The average molecular weight is 313 g/mol. The number of aromatic nitrogens is 1. The number of halogens is 1. The molecule has 2 heterocycles. The highest BCUT2D eigenvalue weighted by atomic mass is 79.9. The fraction of sp³-hybridized carbons (Fsp3) is 0.538. The van der Waals surface area contributed by atoms with E-state index in [1.54, 1.807) is 11.1 Å². The van der Waals surface area contributed by atoms with Crippen molar-refractivity contribution in [2.24, 2.45) is 0 Å². The highest BCUT2D eigenvalue weighted by Gasteiger charge is 2.34. The first-order valence-corrected chi connectivity index (χ1v) is 6.74. The SMILES string of the molecule is CC(C)(C)OC(=O)N1CC(c2ccnc(Br)c2)C1. The molecule has 0 bridgehead atoms. The number of ether oxygens (including phenoxy) is 1. The number of likely N-dealkylation sites (tertiary alicyclic amines) is 1. The van der Waals surface area contributed by atoms with E-state index in [1.807, 2.05) is 32.9 Å². The van der Waals surface area contributed by atoms with E-state index in [0.29, 0.717) is 19.0 Å². The van der Waals surface area contributed by atoms with Gasteiger partial charge in [-0.15, -0.1) is 0 Å². The van der Waals surface area contributed by atoms with Crippen molar-refractivity contribution in [3.63, 3.8) is 0 Å². The lowest BCUT2D eigenvalue weighted by Gasteiger charge is -2.40. The summed E-state index contributed by atoms with van der Waals surface area (Å²) < 4.78 is 6.14. The van der Waals surface area contributed by atoms with Gasteiger partial charge in [-0.25, -0.2) is 9.78 Å². The topological polar surface area (TPSA) is 42.4 Å². The van der Waals surface area contributed by atoms with Gasteiger partial charge in [0.2, 0.25) is 0 Å². The number of pyridine rings is 1. The maximum absolute atomic E-state index is 11.8. The van der Waals surface area contributed by atoms with E-state index in [1.165, 1.54) is 5.56 Å². The first-order valence-electron chi connectivity index (χ1n) is 5.94. The van der Waals surface area contributed by atoms with Gasteiger partial charge in [-0.2, -0.15) is 0 Å². The van der Waals surface area contributed by atoms with Crippen LogP contribution in [0.5, 0.6) is 0 Å². The van der Waals surface area contributed by atoms with Crippen LogP contribution in [0.4, 0.5) is 4.79 Å². The van der Waals surface area contributed by atoms with Crippen molar-refractivity contribution < 1.29 is 9.53 Å². The summed E-state index contributed by atoms with van der Waals surface area (Å²) in [6.07, 6.45) is 1.54. The van der Waals surface area contributed by atoms with Crippen LogP contribution in [-0.4, -0.2) is 34.7 Å². The fourth-order valence-electron chi connectivity index (χ4n) is 1.84. The predicted molar refractivity (Wildman–Crippen MR) is 72.5 cm³/mol. The van der Waals surface area contributed by atoms with Crippen LogP contribution in [-0.2, 0) is 4.74 Å². The van der Waals surface area contributed by atoms with Crippen molar-refractivity contribution in [3.8, 4) is 0 Å². The van der Waals surface area contributed by atoms with Gasteiger partial charge >= 0.3 is 6.09 Å². The second kappa shape index (κ2) is 4.88. The average Bonchev–Trinajstić information content (AvgIpc) is 2.11. The van der Waals surface area contributed by atoms with Crippen molar-refractivity contribution in [3.05, 3.63) is 28.5 Å². The van der Waals surface area contributed by atoms with E-state index < -0.39 is 5.60 Å². The minimum absolute atomic E-state index is 0.230. The van der Waals surface area contributed by atoms with Crippen LogP contribution >= 0.6 is 15.9 Å². The molecular formula is C13H17BrN2O2. The Morgan fingerprint density at radius 2 is 2.17 bits per heavy atom. The molecule has 98 valence electrons. The zero-order valence-corrected chi connectivity index (χ0v) is 12.4. The van der Waals surface area contributed by atoms with Crippen molar-refractivity contribution in [1.29, 1.82) is 0 Å². The van der Waals surface area contributed by atoms with Gasteiger partial charge in [0, 0.05) is 25.2 Å². The van der Waals surface area contributed by atoms with Gasteiger partial charge in [-0.1, -0.05) is 0 Å². The van der Waals surface area contributed by atoms with Crippen LogP contribution in [0.2, 0.25) is 0 Å². The van der Waals surface area contributed by atoms with Crippen molar-refractivity contribution in [2.45, 2.75) is 32.3 Å². The predicted octanol–water partition coefficient (Wildman–Crippen LogP) is 3.18. The van der Waals surface area contributed by atoms with Crippen molar-refractivity contribution in [2.75, 3.05) is 13.1 Å². The second-order valence-corrected chi connectivity index (χ2v) is 6.31. The molecule has 1 aliphatic heterocycles. The second-order valence-electron chi connectivity index (χ2n) is 5.49. The van der Waals surface area contributed by atoms with E-state index >= 15 is 0 Å². The Morgan fingerprint density at radius 3 is 2.72 bits per heavy atom. The molecule has 1 saturated heterocycles. The van der Waals surface area contributed by atoms with Crippen molar-refractivity contribution >= 4 is 22.0 Å². The van der Waals surface area contributed by atoms with Crippen LogP contribution in [0.25, 0.3) is 0 Å². The molecule has 1 amide bonds. The first kappa shape index (κ1) is 13.3. The van der Waals surface area contributed by atoms with Gasteiger partial charge in [-0.05, 0) is 54.4 Å². The standard InChI is InChI=1S/C13H17BrN2O2/c1-13(2,3)18-12(17)16-7-10(8-16)9-4-5-15-11(14)6-9/h4-6,10H,7-8H2,1-3H3. The summed E-state index contributed by atoms with van der Waals surface area (Å²) >= 11 is 3.35. The lowest BCUT2D eigenvalue weighted by atomic mass is 9.93. The molecule has 1 aromatic heterocycles. The molecule has 0 radical (unpaired) electrons. The number of carbonyl (C=O) groups is 1. The third-order valence-electron chi connectivity index (χ3n) is 2.76. The molecule has 0 spiro atoms. The summed E-state index contributed by atoms with van der Waals surface area (Å²) in [4.78, 5) is 17.6. The molecule has 0 atom stereocenters. The smallest absolute Gasteiger partial charge is 0.410 e. The Kier molecular flexibility index (Phi) is 3.61. The number of hydrogen-bond acceptors (Lipinski definition) is 3.